The quantitative estimate of drug-likeness (QED) is 0.787. The second kappa shape index (κ2) is 4.46. The summed E-state index contributed by atoms with van der Waals surface area (Å²) in [6.07, 6.45) is 3.21. The van der Waals surface area contributed by atoms with Gasteiger partial charge in [-0.15, -0.1) is 0 Å². The molecule has 1 aliphatic rings. The summed E-state index contributed by atoms with van der Waals surface area (Å²) in [4.78, 5) is 37.4. The SMILES string of the molecule is O=C(O)CN1C(=O)S/C(=C\c2ccc[nH]2)C1=O. The predicted molar refractivity (Wildman–Crippen MR) is 61.1 cm³/mol. The summed E-state index contributed by atoms with van der Waals surface area (Å²) in [5, 5.41) is 8.01. The van der Waals surface area contributed by atoms with Gasteiger partial charge in [-0.25, -0.2) is 0 Å². The molecule has 0 saturated carbocycles. The average molecular weight is 252 g/mol. The molecule has 1 fully saturated rings. The van der Waals surface area contributed by atoms with Gasteiger partial charge >= 0.3 is 5.97 Å². The highest BCUT2D eigenvalue weighted by Crippen LogP contribution is 2.31. The van der Waals surface area contributed by atoms with Crippen molar-refractivity contribution in [3.63, 3.8) is 0 Å². The van der Waals surface area contributed by atoms with Crippen molar-refractivity contribution < 1.29 is 19.5 Å². The van der Waals surface area contributed by atoms with E-state index >= 15 is 0 Å². The van der Waals surface area contributed by atoms with Crippen molar-refractivity contribution in [2.75, 3.05) is 6.54 Å². The smallest absolute Gasteiger partial charge is 0.323 e. The minimum Gasteiger partial charge on any atom is -0.480 e. The van der Waals surface area contributed by atoms with Gasteiger partial charge < -0.3 is 10.1 Å². The molecule has 0 aromatic carbocycles. The molecule has 2 rings (SSSR count). The predicted octanol–water partition coefficient (Wildman–Crippen LogP) is 1.14. The normalized spacial score (nSPS) is 18.1. The molecule has 17 heavy (non-hydrogen) atoms. The molecule has 0 unspecified atom stereocenters. The van der Waals surface area contributed by atoms with Gasteiger partial charge in [0.15, 0.2) is 0 Å². The number of rotatable bonds is 3. The van der Waals surface area contributed by atoms with Crippen LogP contribution in [0, 0.1) is 0 Å². The number of nitrogens with zero attached hydrogens (tertiary/aromatic N) is 1. The molecule has 2 N–H and O–H groups in total. The highest BCUT2D eigenvalue weighted by atomic mass is 32.2. The van der Waals surface area contributed by atoms with Crippen molar-refractivity contribution in [1.29, 1.82) is 0 Å². The van der Waals surface area contributed by atoms with Gasteiger partial charge in [-0.2, -0.15) is 0 Å². The van der Waals surface area contributed by atoms with Crippen molar-refractivity contribution in [3.05, 3.63) is 28.9 Å². The Hall–Kier alpha value is -2.02. The number of aliphatic carboxylic acids is 1. The molecular weight excluding hydrogens is 244 g/mol. The van der Waals surface area contributed by atoms with E-state index in [-0.39, 0.29) is 4.91 Å². The standard InChI is InChI=1S/C10H8N2O4S/c13-8(14)5-12-9(15)7(17-10(12)16)4-6-2-1-3-11-6/h1-4,11H,5H2,(H,13,14)/b7-4-. The van der Waals surface area contributed by atoms with Crippen LogP contribution in [0.1, 0.15) is 5.69 Å². The molecular formula is C10H8N2O4S. The number of carboxylic acids is 1. The fraction of sp³-hybridized carbons (Fsp3) is 0.100. The number of amides is 2. The third-order valence-electron chi connectivity index (χ3n) is 2.08. The minimum atomic E-state index is -1.21. The summed E-state index contributed by atoms with van der Waals surface area (Å²) in [6, 6.07) is 3.50. The molecule has 2 heterocycles. The van der Waals surface area contributed by atoms with E-state index in [1.54, 1.807) is 18.3 Å². The lowest BCUT2D eigenvalue weighted by Gasteiger charge is -2.07. The van der Waals surface area contributed by atoms with E-state index in [4.69, 9.17) is 5.11 Å². The summed E-state index contributed by atoms with van der Waals surface area (Å²) < 4.78 is 0. The number of hydrogen-bond acceptors (Lipinski definition) is 4. The van der Waals surface area contributed by atoms with Crippen LogP contribution >= 0.6 is 11.8 Å². The van der Waals surface area contributed by atoms with E-state index in [0.29, 0.717) is 10.6 Å². The summed E-state index contributed by atoms with van der Waals surface area (Å²) in [5.41, 5.74) is 0.686. The third kappa shape index (κ3) is 2.39. The number of hydrogen-bond donors (Lipinski definition) is 2. The largest absolute Gasteiger partial charge is 0.480 e. The maximum atomic E-state index is 11.7. The molecule has 1 saturated heterocycles. The monoisotopic (exact) mass is 252 g/mol. The Bertz CT molecular complexity index is 506. The van der Waals surface area contributed by atoms with Crippen LogP contribution in [-0.2, 0) is 9.59 Å². The number of imide groups is 1. The zero-order valence-electron chi connectivity index (χ0n) is 8.54. The van der Waals surface area contributed by atoms with Crippen LogP contribution in [0.4, 0.5) is 4.79 Å². The van der Waals surface area contributed by atoms with Crippen LogP contribution in [0.5, 0.6) is 0 Å². The zero-order valence-corrected chi connectivity index (χ0v) is 9.36. The van der Waals surface area contributed by atoms with Gasteiger partial charge in [-0.05, 0) is 30.0 Å². The van der Waals surface area contributed by atoms with Crippen molar-refractivity contribution in [1.82, 2.24) is 9.88 Å². The minimum absolute atomic E-state index is 0.221. The molecule has 0 bridgehead atoms. The first kappa shape index (κ1) is 11.5. The number of aromatic nitrogens is 1. The number of carboxylic acid groups (broad SMARTS) is 1. The van der Waals surface area contributed by atoms with E-state index in [1.807, 2.05) is 0 Å². The van der Waals surface area contributed by atoms with Gasteiger partial charge in [0, 0.05) is 11.9 Å². The molecule has 88 valence electrons. The average Bonchev–Trinajstić information content (AvgIpc) is 2.83. The maximum Gasteiger partial charge on any atom is 0.323 e. The fourth-order valence-corrected chi connectivity index (χ4v) is 2.18. The van der Waals surface area contributed by atoms with Gasteiger partial charge in [0.1, 0.15) is 6.54 Å². The van der Waals surface area contributed by atoms with E-state index < -0.39 is 23.7 Å². The van der Waals surface area contributed by atoms with Crippen LogP contribution in [0.15, 0.2) is 23.2 Å². The van der Waals surface area contributed by atoms with Gasteiger partial charge in [0.2, 0.25) is 0 Å². The first-order valence-corrected chi connectivity index (χ1v) is 5.50. The summed E-state index contributed by atoms with van der Waals surface area (Å²) in [7, 11) is 0. The third-order valence-corrected chi connectivity index (χ3v) is 2.98. The number of H-pyrrole nitrogens is 1. The lowest BCUT2D eigenvalue weighted by Crippen LogP contribution is -2.33. The van der Waals surface area contributed by atoms with Crippen molar-refractivity contribution in [2.24, 2.45) is 0 Å². The molecule has 0 spiro atoms. The van der Waals surface area contributed by atoms with E-state index in [9.17, 15) is 14.4 Å². The van der Waals surface area contributed by atoms with Gasteiger partial charge in [-0.3, -0.25) is 19.3 Å². The van der Waals surface area contributed by atoms with Gasteiger partial charge in [0.05, 0.1) is 4.91 Å². The molecule has 1 aromatic rings. The number of thioether (sulfide) groups is 1. The molecule has 6 nitrogen and oxygen atoms in total. The van der Waals surface area contributed by atoms with Crippen molar-refractivity contribution in [2.45, 2.75) is 0 Å². The molecule has 0 atom stereocenters. The molecule has 0 radical (unpaired) electrons. The summed E-state index contributed by atoms with van der Waals surface area (Å²) >= 11 is 0.737. The Labute approximate surface area is 100 Å². The van der Waals surface area contributed by atoms with Crippen molar-refractivity contribution >= 4 is 35.0 Å². The van der Waals surface area contributed by atoms with Crippen LogP contribution in [0.3, 0.4) is 0 Å². The number of aromatic amines is 1. The lowest BCUT2D eigenvalue weighted by atomic mass is 10.3. The molecule has 2 amide bonds. The second-order valence-electron chi connectivity index (χ2n) is 3.29. The van der Waals surface area contributed by atoms with Crippen LogP contribution in [-0.4, -0.2) is 38.7 Å². The Balaban J connectivity index is 2.21. The highest BCUT2D eigenvalue weighted by molar-refractivity contribution is 8.18. The summed E-state index contributed by atoms with van der Waals surface area (Å²) in [5.74, 6) is -1.79. The van der Waals surface area contributed by atoms with E-state index in [1.165, 1.54) is 6.08 Å². The van der Waals surface area contributed by atoms with Crippen LogP contribution in [0.25, 0.3) is 6.08 Å². The first-order chi connectivity index (χ1) is 8.08. The van der Waals surface area contributed by atoms with Crippen LogP contribution < -0.4 is 0 Å². The van der Waals surface area contributed by atoms with Crippen molar-refractivity contribution in [3.8, 4) is 0 Å². The maximum absolute atomic E-state index is 11.7. The van der Waals surface area contributed by atoms with E-state index in [0.717, 1.165) is 11.8 Å². The number of carbonyl (C=O) groups is 3. The van der Waals surface area contributed by atoms with Gasteiger partial charge in [0.25, 0.3) is 11.1 Å². The zero-order chi connectivity index (χ0) is 12.4. The molecule has 0 aliphatic carbocycles. The number of carbonyl (C=O) groups excluding carboxylic acids is 2. The highest BCUT2D eigenvalue weighted by Gasteiger charge is 2.36. The first-order valence-electron chi connectivity index (χ1n) is 4.68. The number of nitrogens with one attached hydrogen (secondary N) is 1. The topological polar surface area (TPSA) is 90.5 Å². The van der Waals surface area contributed by atoms with E-state index in [2.05, 4.69) is 4.98 Å². The lowest BCUT2D eigenvalue weighted by molar-refractivity contribution is -0.140. The molecule has 7 heteroatoms. The second-order valence-corrected chi connectivity index (χ2v) is 4.28. The summed E-state index contributed by atoms with van der Waals surface area (Å²) in [6.45, 7) is -0.604. The Morgan fingerprint density at radius 2 is 2.29 bits per heavy atom. The Morgan fingerprint density at radius 1 is 1.53 bits per heavy atom. The Morgan fingerprint density at radius 3 is 2.88 bits per heavy atom. The molecule has 1 aliphatic heterocycles. The van der Waals surface area contributed by atoms with Crippen LogP contribution in [0.2, 0.25) is 0 Å². The molecule has 1 aromatic heterocycles. The fourth-order valence-electron chi connectivity index (χ4n) is 1.35. The van der Waals surface area contributed by atoms with Gasteiger partial charge in [-0.1, -0.05) is 0 Å². The Kier molecular flexibility index (Phi) is 3.01.